The maximum absolute atomic E-state index is 13.0. The van der Waals surface area contributed by atoms with Gasteiger partial charge >= 0.3 is 0 Å². The number of nitrogens with zero attached hydrogens (tertiary/aromatic N) is 2. The summed E-state index contributed by atoms with van der Waals surface area (Å²) in [4.78, 5) is 39.3. The van der Waals surface area contributed by atoms with Crippen molar-refractivity contribution in [1.82, 2.24) is 9.47 Å². The van der Waals surface area contributed by atoms with Crippen LogP contribution in [-0.4, -0.2) is 45.1 Å². The highest BCUT2D eigenvalue weighted by atomic mass is 19.1. The topological polar surface area (TPSA) is 88.8 Å². The van der Waals surface area contributed by atoms with E-state index in [1.807, 2.05) is 6.92 Å². The van der Waals surface area contributed by atoms with Gasteiger partial charge in [-0.1, -0.05) is 12.1 Å². The first-order chi connectivity index (χ1) is 13.4. The molecule has 1 saturated heterocycles. The lowest BCUT2D eigenvalue weighted by atomic mass is 10.0. The fraction of sp³-hybridized carbons (Fsp3) is 0.350. The Kier molecular flexibility index (Phi) is 4.50. The van der Waals surface area contributed by atoms with Gasteiger partial charge in [-0.15, -0.1) is 0 Å². The van der Waals surface area contributed by atoms with Crippen molar-refractivity contribution in [3.05, 3.63) is 63.3 Å². The van der Waals surface area contributed by atoms with Crippen molar-refractivity contribution in [2.45, 2.75) is 38.6 Å². The highest BCUT2D eigenvalue weighted by Crippen LogP contribution is 2.29. The molecule has 0 unspecified atom stereocenters. The quantitative estimate of drug-likeness (QED) is 0.808. The molecule has 146 valence electrons. The normalized spacial score (nSPS) is 20.8. The average molecular weight is 386 g/mol. The SMILES string of the molecule is C[C@H]1CO[C@@H]2Cn3cc(C(=O)CCc4ccc(F)cc4)c(=O)c(O)c3C(=O)N12. The van der Waals surface area contributed by atoms with Crippen LogP contribution in [0.15, 0.2) is 35.3 Å². The molecule has 4 rings (SSSR count). The molecule has 2 aliphatic rings. The summed E-state index contributed by atoms with van der Waals surface area (Å²) in [5.41, 5.74) is -0.379. The van der Waals surface area contributed by atoms with Gasteiger partial charge < -0.3 is 19.3 Å². The van der Waals surface area contributed by atoms with E-state index >= 15 is 0 Å². The number of rotatable bonds is 4. The zero-order chi connectivity index (χ0) is 20.0. The lowest BCUT2D eigenvalue weighted by Crippen LogP contribution is -2.48. The van der Waals surface area contributed by atoms with Gasteiger partial charge in [0, 0.05) is 12.6 Å². The zero-order valence-corrected chi connectivity index (χ0v) is 15.2. The van der Waals surface area contributed by atoms with Crippen LogP contribution >= 0.6 is 0 Å². The number of aryl methyl sites for hydroxylation is 1. The minimum Gasteiger partial charge on any atom is -0.503 e. The summed E-state index contributed by atoms with van der Waals surface area (Å²) < 4.78 is 20.0. The van der Waals surface area contributed by atoms with Crippen molar-refractivity contribution in [3.63, 3.8) is 0 Å². The van der Waals surface area contributed by atoms with Crippen molar-refractivity contribution < 1.29 is 23.8 Å². The van der Waals surface area contributed by atoms with E-state index in [9.17, 15) is 23.9 Å². The summed E-state index contributed by atoms with van der Waals surface area (Å²) in [6.07, 6.45) is 1.19. The van der Waals surface area contributed by atoms with Crippen molar-refractivity contribution in [1.29, 1.82) is 0 Å². The lowest BCUT2D eigenvalue weighted by molar-refractivity contribution is 0.00625. The lowest BCUT2D eigenvalue weighted by Gasteiger charge is -2.33. The molecule has 1 aromatic heterocycles. The highest BCUT2D eigenvalue weighted by Gasteiger charge is 2.42. The molecular weight excluding hydrogens is 367 g/mol. The number of aromatic hydroxyl groups is 1. The van der Waals surface area contributed by atoms with Gasteiger partial charge in [0.1, 0.15) is 5.82 Å². The van der Waals surface area contributed by atoms with E-state index in [2.05, 4.69) is 0 Å². The van der Waals surface area contributed by atoms with Gasteiger partial charge in [0.15, 0.2) is 23.5 Å². The van der Waals surface area contributed by atoms with E-state index in [1.165, 1.54) is 27.8 Å². The van der Waals surface area contributed by atoms with Gasteiger partial charge in [0.2, 0.25) is 5.43 Å². The van der Waals surface area contributed by atoms with Crippen molar-refractivity contribution >= 4 is 11.7 Å². The van der Waals surface area contributed by atoms with Crippen LogP contribution in [0.4, 0.5) is 4.39 Å². The molecule has 1 fully saturated rings. The second-order valence-corrected chi connectivity index (χ2v) is 7.12. The summed E-state index contributed by atoms with van der Waals surface area (Å²) in [6, 6.07) is 5.61. The van der Waals surface area contributed by atoms with E-state index < -0.39 is 29.1 Å². The third-order valence-corrected chi connectivity index (χ3v) is 5.22. The van der Waals surface area contributed by atoms with Crippen LogP contribution in [0, 0.1) is 5.82 Å². The first kappa shape index (κ1) is 18.4. The van der Waals surface area contributed by atoms with Gasteiger partial charge in [-0.3, -0.25) is 14.4 Å². The molecule has 2 aromatic rings. The summed E-state index contributed by atoms with van der Waals surface area (Å²) in [7, 11) is 0. The third-order valence-electron chi connectivity index (χ3n) is 5.22. The average Bonchev–Trinajstić information content (AvgIpc) is 3.04. The number of ether oxygens (including phenoxy) is 1. The molecule has 2 atom stereocenters. The van der Waals surface area contributed by atoms with Gasteiger partial charge in [0.05, 0.1) is 24.8 Å². The molecule has 3 heterocycles. The maximum atomic E-state index is 13.0. The minimum atomic E-state index is -0.852. The number of hydrogen-bond acceptors (Lipinski definition) is 5. The molecule has 1 N–H and O–H groups in total. The number of halogens is 1. The molecule has 2 aliphatic heterocycles. The van der Waals surface area contributed by atoms with Crippen molar-refractivity contribution in [2.24, 2.45) is 0 Å². The number of Topliss-reactive ketones (excluding diaryl/α,β-unsaturated/α-hetero) is 1. The molecule has 1 amide bonds. The first-order valence-electron chi connectivity index (χ1n) is 9.05. The van der Waals surface area contributed by atoms with Crippen molar-refractivity contribution in [3.8, 4) is 5.75 Å². The summed E-state index contributed by atoms with van der Waals surface area (Å²) in [6.45, 7) is 2.44. The molecule has 8 heteroatoms. The van der Waals surface area contributed by atoms with E-state index in [-0.39, 0.29) is 36.1 Å². The minimum absolute atomic E-state index is 0.0245. The maximum Gasteiger partial charge on any atom is 0.276 e. The smallest absolute Gasteiger partial charge is 0.276 e. The van der Waals surface area contributed by atoms with Crippen LogP contribution in [0.2, 0.25) is 0 Å². The number of amides is 1. The summed E-state index contributed by atoms with van der Waals surface area (Å²) >= 11 is 0. The van der Waals surface area contributed by atoms with Crippen LogP contribution in [0.1, 0.15) is 39.8 Å². The largest absolute Gasteiger partial charge is 0.503 e. The Morgan fingerprint density at radius 3 is 2.71 bits per heavy atom. The van der Waals surface area contributed by atoms with E-state index in [0.717, 1.165) is 5.56 Å². The van der Waals surface area contributed by atoms with Crippen LogP contribution in [-0.2, 0) is 17.7 Å². The molecule has 0 saturated carbocycles. The Morgan fingerprint density at radius 2 is 2.00 bits per heavy atom. The number of pyridine rings is 1. The second-order valence-electron chi connectivity index (χ2n) is 7.12. The standard InChI is InChI=1S/C20H19FN2O5/c1-11-10-28-16-9-22-8-14(18(25)19(26)17(22)20(27)23(11)16)15(24)7-4-12-2-5-13(21)6-3-12/h2-3,5-6,8,11,16,26H,4,7,9-10H2,1H3/t11-,16+/m0/s1. The van der Waals surface area contributed by atoms with Crippen LogP contribution in [0.25, 0.3) is 0 Å². The van der Waals surface area contributed by atoms with E-state index in [0.29, 0.717) is 13.0 Å². The molecule has 0 aliphatic carbocycles. The fourth-order valence-electron chi connectivity index (χ4n) is 3.72. The predicted molar refractivity (Wildman–Crippen MR) is 96.8 cm³/mol. The third kappa shape index (κ3) is 2.99. The predicted octanol–water partition coefficient (Wildman–Crippen LogP) is 1.71. The molecule has 0 spiro atoms. The van der Waals surface area contributed by atoms with Crippen molar-refractivity contribution in [2.75, 3.05) is 6.61 Å². The number of carbonyl (C=O) groups excluding carboxylic acids is 2. The van der Waals surface area contributed by atoms with Gasteiger partial charge in [-0.25, -0.2) is 4.39 Å². The van der Waals surface area contributed by atoms with Gasteiger partial charge in [0.25, 0.3) is 5.91 Å². The monoisotopic (exact) mass is 386 g/mol. The molecule has 7 nitrogen and oxygen atoms in total. The Morgan fingerprint density at radius 1 is 1.29 bits per heavy atom. The van der Waals surface area contributed by atoms with Gasteiger partial charge in [-0.05, 0) is 31.0 Å². The molecule has 0 radical (unpaired) electrons. The van der Waals surface area contributed by atoms with Crippen LogP contribution in [0.5, 0.6) is 5.75 Å². The summed E-state index contributed by atoms with van der Waals surface area (Å²) in [5.74, 6) is -2.01. The number of aromatic nitrogens is 1. The number of hydrogen-bond donors (Lipinski definition) is 1. The van der Waals surface area contributed by atoms with E-state index in [4.69, 9.17) is 4.74 Å². The Balaban J connectivity index is 1.62. The molecule has 28 heavy (non-hydrogen) atoms. The number of benzene rings is 1. The fourth-order valence-corrected chi connectivity index (χ4v) is 3.72. The molecular formula is C20H19FN2O5. The first-order valence-corrected chi connectivity index (χ1v) is 9.05. The van der Waals surface area contributed by atoms with E-state index in [1.54, 1.807) is 12.1 Å². The number of fused-ring (bicyclic) bond motifs is 2. The molecule has 1 aromatic carbocycles. The van der Waals surface area contributed by atoms with Gasteiger partial charge in [-0.2, -0.15) is 0 Å². The Labute approximate surface area is 160 Å². The second kappa shape index (κ2) is 6.87. The zero-order valence-electron chi connectivity index (χ0n) is 15.2. The highest BCUT2D eigenvalue weighted by molar-refractivity contribution is 6.00. The Bertz CT molecular complexity index is 1010. The molecule has 0 bridgehead atoms. The van der Waals surface area contributed by atoms with Crippen LogP contribution < -0.4 is 5.43 Å². The number of carbonyl (C=O) groups is 2. The Hall–Kier alpha value is -3.00. The van der Waals surface area contributed by atoms with Crippen LogP contribution in [0.3, 0.4) is 0 Å². The summed E-state index contributed by atoms with van der Waals surface area (Å²) in [5, 5.41) is 10.4. The number of ketones is 1.